The second-order valence-electron chi connectivity index (χ2n) is 7.31. The number of rotatable bonds is 3. The summed E-state index contributed by atoms with van der Waals surface area (Å²) in [5.41, 5.74) is 3.91. The minimum atomic E-state index is -0.422. The van der Waals surface area contributed by atoms with E-state index in [0.29, 0.717) is 24.6 Å². The summed E-state index contributed by atoms with van der Waals surface area (Å²) in [6.07, 6.45) is 0. The van der Waals surface area contributed by atoms with Crippen LogP contribution in [0.3, 0.4) is 0 Å². The fourth-order valence-corrected chi connectivity index (χ4v) is 3.76. The van der Waals surface area contributed by atoms with Crippen LogP contribution in [0.2, 0.25) is 0 Å². The van der Waals surface area contributed by atoms with Crippen LogP contribution >= 0.6 is 0 Å². The molecule has 0 saturated carbocycles. The monoisotopic (exact) mass is 376 g/mol. The maximum Gasteiger partial charge on any atom is 0.334 e. The van der Waals surface area contributed by atoms with Gasteiger partial charge >= 0.3 is 5.69 Å². The lowest BCUT2D eigenvalue weighted by Gasteiger charge is -2.35. The van der Waals surface area contributed by atoms with Crippen LogP contribution in [0.5, 0.6) is 0 Å². The van der Waals surface area contributed by atoms with Crippen LogP contribution in [0.1, 0.15) is 35.2 Å². The SMILES string of the molecule is Cc1cccc(-n2c3c(c(=O)[nH]c2=O)CN(C(C)c2ccccc2)CN3)c1C. The van der Waals surface area contributed by atoms with Gasteiger partial charge in [0.25, 0.3) is 5.56 Å². The Balaban J connectivity index is 1.79. The fourth-order valence-electron chi connectivity index (χ4n) is 3.76. The van der Waals surface area contributed by atoms with Gasteiger partial charge in [0.1, 0.15) is 5.82 Å². The van der Waals surface area contributed by atoms with E-state index >= 15 is 0 Å². The lowest BCUT2D eigenvalue weighted by atomic mass is 10.1. The summed E-state index contributed by atoms with van der Waals surface area (Å²) in [6, 6.07) is 16.2. The molecule has 4 rings (SSSR count). The molecule has 0 aliphatic carbocycles. The van der Waals surface area contributed by atoms with E-state index in [4.69, 9.17) is 0 Å². The summed E-state index contributed by atoms with van der Waals surface area (Å²) >= 11 is 0. The van der Waals surface area contributed by atoms with E-state index in [-0.39, 0.29) is 11.6 Å². The Morgan fingerprint density at radius 3 is 2.50 bits per heavy atom. The van der Waals surface area contributed by atoms with Gasteiger partial charge in [0.2, 0.25) is 0 Å². The summed E-state index contributed by atoms with van der Waals surface area (Å²) < 4.78 is 1.59. The van der Waals surface area contributed by atoms with Gasteiger partial charge < -0.3 is 5.32 Å². The number of anilines is 1. The third kappa shape index (κ3) is 3.05. The second-order valence-corrected chi connectivity index (χ2v) is 7.31. The van der Waals surface area contributed by atoms with E-state index in [2.05, 4.69) is 34.3 Å². The molecule has 0 amide bonds. The normalized spacial score (nSPS) is 15.0. The number of aryl methyl sites for hydroxylation is 1. The molecular formula is C22H24N4O2. The Morgan fingerprint density at radius 1 is 1.00 bits per heavy atom. The topological polar surface area (TPSA) is 70.1 Å². The molecule has 0 saturated heterocycles. The van der Waals surface area contributed by atoms with Crippen LogP contribution in [0, 0.1) is 13.8 Å². The molecule has 1 aromatic heterocycles. The van der Waals surface area contributed by atoms with Crippen molar-refractivity contribution in [3.8, 4) is 5.69 Å². The number of nitrogens with one attached hydrogen (secondary N) is 2. The number of hydrogen-bond acceptors (Lipinski definition) is 4. The summed E-state index contributed by atoms with van der Waals surface area (Å²) in [5.74, 6) is 0.582. The third-order valence-electron chi connectivity index (χ3n) is 5.66. The van der Waals surface area contributed by atoms with Crippen molar-refractivity contribution in [1.29, 1.82) is 0 Å². The zero-order valence-electron chi connectivity index (χ0n) is 16.3. The van der Waals surface area contributed by atoms with E-state index < -0.39 is 5.69 Å². The van der Waals surface area contributed by atoms with Crippen LogP contribution in [0.15, 0.2) is 58.1 Å². The first-order chi connectivity index (χ1) is 13.5. The molecule has 144 valence electrons. The smallest absolute Gasteiger partial charge is 0.334 e. The van der Waals surface area contributed by atoms with Crippen molar-refractivity contribution in [3.05, 3.63) is 91.6 Å². The molecule has 1 unspecified atom stereocenters. The van der Waals surface area contributed by atoms with Crippen LogP contribution in [-0.2, 0) is 6.54 Å². The molecule has 2 N–H and O–H groups in total. The molecule has 0 spiro atoms. The number of benzene rings is 2. The second kappa shape index (κ2) is 7.13. The largest absolute Gasteiger partial charge is 0.358 e. The molecule has 1 aliphatic heterocycles. The van der Waals surface area contributed by atoms with Gasteiger partial charge in [-0.05, 0) is 43.5 Å². The Kier molecular flexibility index (Phi) is 4.65. The molecule has 1 atom stereocenters. The van der Waals surface area contributed by atoms with E-state index in [1.165, 1.54) is 5.56 Å². The van der Waals surface area contributed by atoms with E-state index in [1.807, 2.05) is 50.2 Å². The Morgan fingerprint density at radius 2 is 1.75 bits per heavy atom. The number of aromatic amines is 1. The number of nitrogens with zero attached hydrogens (tertiary/aromatic N) is 2. The first kappa shape index (κ1) is 18.3. The maximum absolute atomic E-state index is 12.7. The number of H-pyrrole nitrogens is 1. The molecule has 0 fully saturated rings. The van der Waals surface area contributed by atoms with Gasteiger partial charge in [0, 0.05) is 12.6 Å². The minimum absolute atomic E-state index is 0.141. The lowest BCUT2D eigenvalue weighted by Crippen LogP contribution is -2.43. The van der Waals surface area contributed by atoms with E-state index in [9.17, 15) is 9.59 Å². The molecule has 2 heterocycles. The predicted molar refractivity (Wildman–Crippen MR) is 111 cm³/mol. The average molecular weight is 376 g/mol. The molecule has 2 aromatic carbocycles. The molecule has 0 radical (unpaired) electrons. The molecule has 28 heavy (non-hydrogen) atoms. The highest BCUT2D eigenvalue weighted by Crippen LogP contribution is 2.28. The zero-order valence-corrected chi connectivity index (χ0v) is 16.3. The van der Waals surface area contributed by atoms with Crippen molar-refractivity contribution >= 4 is 5.82 Å². The summed E-state index contributed by atoms with van der Waals surface area (Å²) in [5, 5.41) is 3.33. The number of aromatic nitrogens is 2. The highest BCUT2D eigenvalue weighted by atomic mass is 16.2. The quantitative estimate of drug-likeness (QED) is 0.737. The fraction of sp³-hybridized carbons (Fsp3) is 0.273. The highest BCUT2D eigenvalue weighted by molar-refractivity contribution is 5.55. The Labute approximate surface area is 163 Å². The number of hydrogen-bond donors (Lipinski definition) is 2. The van der Waals surface area contributed by atoms with Gasteiger partial charge in [0.05, 0.1) is 17.9 Å². The van der Waals surface area contributed by atoms with E-state index in [1.54, 1.807) is 4.57 Å². The summed E-state index contributed by atoms with van der Waals surface area (Å²) in [4.78, 5) is 29.9. The Bertz CT molecular complexity index is 1130. The van der Waals surface area contributed by atoms with Crippen LogP contribution in [-0.4, -0.2) is 21.1 Å². The highest BCUT2D eigenvalue weighted by Gasteiger charge is 2.27. The summed E-state index contributed by atoms with van der Waals surface area (Å²) in [7, 11) is 0. The van der Waals surface area contributed by atoms with Crippen LogP contribution in [0.25, 0.3) is 5.69 Å². The average Bonchev–Trinajstić information content (AvgIpc) is 2.71. The van der Waals surface area contributed by atoms with Gasteiger partial charge in [-0.2, -0.15) is 0 Å². The van der Waals surface area contributed by atoms with Crippen LogP contribution < -0.4 is 16.6 Å². The molecule has 1 aliphatic rings. The van der Waals surface area contributed by atoms with Crippen molar-refractivity contribution in [2.75, 3.05) is 12.0 Å². The van der Waals surface area contributed by atoms with Crippen LogP contribution in [0.4, 0.5) is 5.82 Å². The minimum Gasteiger partial charge on any atom is -0.358 e. The van der Waals surface area contributed by atoms with Gasteiger partial charge in [0.15, 0.2) is 0 Å². The molecule has 6 nitrogen and oxygen atoms in total. The zero-order chi connectivity index (χ0) is 19.8. The maximum atomic E-state index is 12.7. The lowest BCUT2D eigenvalue weighted by molar-refractivity contribution is 0.207. The standard InChI is InChI=1S/C22H24N4O2/c1-14-8-7-11-19(15(14)2)26-20-18(21(27)24-22(26)28)12-25(13-23-20)16(3)17-9-5-4-6-10-17/h4-11,16,23H,12-13H2,1-3H3,(H,24,27,28). The van der Waals surface area contributed by atoms with Gasteiger partial charge in [-0.25, -0.2) is 9.36 Å². The van der Waals surface area contributed by atoms with Crippen molar-refractivity contribution in [1.82, 2.24) is 14.5 Å². The van der Waals surface area contributed by atoms with Gasteiger partial charge in [-0.1, -0.05) is 42.5 Å². The summed E-state index contributed by atoms with van der Waals surface area (Å²) in [6.45, 7) is 7.15. The van der Waals surface area contributed by atoms with Crippen molar-refractivity contribution in [2.45, 2.75) is 33.4 Å². The van der Waals surface area contributed by atoms with Gasteiger partial charge in [-0.15, -0.1) is 0 Å². The predicted octanol–water partition coefficient (Wildman–Crippen LogP) is 3.09. The van der Waals surface area contributed by atoms with Crippen molar-refractivity contribution in [3.63, 3.8) is 0 Å². The molecular weight excluding hydrogens is 352 g/mol. The van der Waals surface area contributed by atoms with Crippen molar-refractivity contribution in [2.24, 2.45) is 0 Å². The Hall–Kier alpha value is -3.12. The van der Waals surface area contributed by atoms with Gasteiger partial charge in [-0.3, -0.25) is 14.7 Å². The first-order valence-electron chi connectivity index (χ1n) is 9.45. The first-order valence-corrected chi connectivity index (χ1v) is 9.45. The third-order valence-corrected chi connectivity index (χ3v) is 5.66. The van der Waals surface area contributed by atoms with E-state index in [0.717, 1.165) is 16.8 Å². The molecule has 6 heteroatoms. The number of fused-ring (bicyclic) bond motifs is 1. The molecule has 0 bridgehead atoms. The molecule has 3 aromatic rings. The van der Waals surface area contributed by atoms with Crippen molar-refractivity contribution < 1.29 is 0 Å².